The summed E-state index contributed by atoms with van der Waals surface area (Å²) in [5, 5.41) is 32.7. The van der Waals surface area contributed by atoms with E-state index in [4.69, 9.17) is 0 Å². The molecule has 0 amide bonds. The second-order valence-electron chi connectivity index (χ2n) is 8.05. The van der Waals surface area contributed by atoms with Crippen molar-refractivity contribution in [3.05, 3.63) is 126 Å². The lowest BCUT2D eigenvalue weighted by atomic mass is 9.73. The first kappa shape index (κ1) is 26.4. The highest BCUT2D eigenvalue weighted by atomic mass is 16.4. The molecule has 0 aliphatic heterocycles. The van der Waals surface area contributed by atoms with Gasteiger partial charge in [-0.2, -0.15) is 0 Å². The number of hydrogen-bond donors (Lipinski definition) is 3. The van der Waals surface area contributed by atoms with E-state index in [9.17, 15) is 29.7 Å². The van der Waals surface area contributed by atoms with Gasteiger partial charge in [-0.25, -0.2) is 0 Å². The van der Waals surface area contributed by atoms with Gasteiger partial charge in [0.15, 0.2) is 23.0 Å². The minimum Gasteiger partial charge on any atom is -0.393 e. The standard InChI is InChI=1S/C30H26O6/c31-22-29(35,26(32)19-16-23-10-4-1-5-11-23)30(36,27(33)20-17-24-12-6-2-7-13-24)28(34)21-18-25-14-8-3-9-15-25/h1-21,31,35-36H,22H2. The van der Waals surface area contributed by atoms with Crippen molar-refractivity contribution in [3.63, 3.8) is 0 Å². The predicted molar refractivity (Wildman–Crippen MR) is 138 cm³/mol. The first-order valence-corrected chi connectivity index (χ1v) is 11.2. The summed E-state index contributed by atoms with van der Waals surface area (Å²) in [4.78, 5) is 39.5. The molecule has 0 aliphatic rings. The maximum Gasteiger partial charge on any atom is 0.228 e. The van der Waals surface area contributed by atoms with Crippen LogP contribution in [0.15, 0.2) is 109 Å². The minimum absolute atomic E-state index is 0.586. The highest BCUT2D eigenvalue weighted by molar-refractivity contribution is 6.25. The molecule has 1 unspecified atom stereocenters. The number of benzene rings is 3. The fourth-order valence-corrected chi connectivity index (χ4v) is 3.49. The molecule has 0 saturated carbocycles. The average Bonchev–Trinajstić information content (AvgIpc) is 2.93. The van der Waals surface area contributed by atoms with E-state index in [-0.39, 0.29) is 0 Å². The molecular formula is C30H26O6. The molecule has 3 N–H and O–H groups in total. The zero-order valence-electron chi connectivity index (χ0n) is 19.4. The molecule has 0 spiro atoms. The molecule has 0 aromatic heterocycles. The van der Waals surface area contributed by atoms with Crippen LogP contribution >= 0.6 is 0 Å². The number of ketones is 3. The third kappa shape index (κ3) is 5.87. The number of aliphatic hydroxyl groups excluding tert-OH is 1. The van der Waals surface area contributed by atoms with Crippen LogP contribution in [0.3, 0.4) is 0 Å². The molecule has 3 aromatic carbocycles. The topological polar surface area (TPSA) is 112 Å². The normalized spacial score (nSPS) is 15.1. The van der Waals surface area contributed by atoms with Crippen LogP contribution in [0.25, 0.3) is 18.2 Å². The molecule has 3 aromatic rings. The van der Waals surface area contributed by atoms with Gasteiger partial charge in [0, 0.05) is 0 Å². The Bertz CT molecular complexity index is 1220. The summed E-state index contributed by atoms with van der Waals surface area (Å²) in [5.41, 5.74) is -4.67. The van der Waals surface area contributed by atoms with Crippen LogP contribution in [-0.2, 0) is 14.4 Å². The lowest BCUT2D eigenvalue weighted by Gasteiger charge is -2.36. The Hall–Kier alpha value is -4.23. The van der Waals surface area contributed by atoms with E-state index in [2.05, 4.69) is 0 Å². The number of rotatable bonds is 11. The predicted octanol–water partition coefficient (Wildman–Crippen LogP) is 3.29. The van der Waals surface area contributed by atoms with Crippen LogP contribution in [0.5, 0.6) is 0 Å². The Morgan fingerprint density at radius 3 is 1.17 bits per heavy atom. The molecule has 0 bridgehead atoms. The van der Waals surface area contributed by atoms with Gasteiger partial charge < -0.3 is 15.3 Å². The lowest BCUT2D eigenvalue weighted by Crippen LogP contribution is -2.68. The minimum atomic E-state index is -3.30. The molecule has 0 radical (unpaired) electrons. The van der Waals surface area contributed by atoms with Crippen LogP contribution in [0.4, 0.5) is 0 Å². The van der Waals surface area contributed by atoms with E-state index < -0.39 is 35.2 Å². The second kappa shape index (κ2) is 12.0. The van der Waals surface area contributed by atoms with Crippen molar-refractivity contribution in [1.82, 2.24) is 0 Å². The number of carbonyl (C=O) groups excluding carboxylic acids is 3. The zero-order chi connectivity index (χ0) is 26.0. The smallest absolute Gasteiger partial charge is 0.228 e. The second-order valence-corrected chi connectivity index (χ2v) is 8.05. The van der Waals surface area contributed by atoms with Gasteiger partial charge in [-0.3, -0.25) is 14.4 Å². The number of hydrogen-bond acceptors (Lipinski definition) is 6. The van der Waals surface area contributed by atoms with E-state index >= 15 is 0 Å². The van der Waals surface area contributed by atoms with Crippen molar-refractivity contribution in [2.75, 3.05) is 6.61 Å². The maximum atomic E-state index is 13.2. The van der Waals surface area contributed by atoms with Crippen LogP contribution in [-0.4, -0.2) is 50.5 Å². The van der Waals surface area contributed by atoms with Gasteiger partial charge in [0.1, 0.15) is 0 Å². The van der Waals surface area contributed by atoms with E-state index in [1.165, 1.54) is 18.2 Å². The molecule has 182 valence electrons. The van der Waals surface area contributed by atoms with Gasteiger partial charge in [0.05, 0.1) is 6.61 Å². The Morgan fingerprint density at radius 2 is 0.861 bits per heavy atom. The van der Waals surface area contributed by atoms with E-state index in [1.54, 1.807) is 91.0 Å². The summed E-state index contributed by atoms with van der Waals surface area (Å²) in [6, 6.07) is 25.8. The van der Waals surface area contributed by atoms with Crippen molar-refractivity contribution in [2.45, 2.75) is 11.2 Å². The Morgan fingerprint density at radius 1 is 0.556 bits per heavy atom. The molecule has 0 aliphatic carbocycles. The zero-order valence-corrected chi connectivity index (χ0v) is 19.4. The van der Waals surface area contributed by atoms with Crippen molar-refractivity contribution in [2.24, 2.45) is 0 Å². The van der Waals surface area contributed by atoms with Crippen LogP contribution < -0.4 is 0 Å². The van der Waals surface area contributed by atoms with Gasteiger partial charge in [-0.1, -0.05) is 109 Å². The van der Waals surface area contributed by atoms with E-state index in [1.807, 2.05) is 0 Å². The highest BCUT2D eigenvalue weighted by Gasteiger charge is 2.61. The van der Waals surface area contributed by atoms with Crippen molar-refractivity contribution in [3.8, 4) is 0 Å². The SMILES string of the molecule is O=C(C=Cc1ccccc1)C(O)(CO)C(O)(C(=O)C=Cc1ccccc1)C(=O)C=Cc1ccccc1. The van der Waals surface area contributed by atoms with Crippen LogP contribution in [0, 0.1) is 0 Å². The molecular weight excluding hydrogens is 456 g/mol. The number of carbonyl (C=O) groups is 3. The fourth-order valence-electron chi connectivity index (χ4n) is 3.49. The molecule has 0 fully saturated rings. The maximum absolute atomic E-state index is 13.2. The number of aliphatic hydroxyl groups is 3. The van der Waals surface area contributed by atoms with Crippen molar-refractivity contribution < 1.29 is 29.7 Å². The summed E-state index contributed by atoms with van der Waals surface area (Å²) >= 11 is 0. The molecule has 0 heterocycles. The first-order chi connectivity index (χ1) is 17.3. The molecule has 3 rings (SSSR count). The summed E-state index contributed by atoms with van der Waals surface area (Å²) in [7, 11) is 0. The summed E-state index contributed by atoms with van der Waals surface area (Å²) < 4.78 is 0. The molecule has 0 saturated heterocycles. The van der Waals surface area contributed by atoms with E-state index in [0.29, 0.717) is 16.7 Å². The van der Waals surface area contributed by atoms with Gasteiger partial charge in [0.2, 0.25) is 5.60 Å². The third-order valence-corrected chi connectivity index (χ3v) is 5.63. The first-order valence-electron chi connectivity index (χ1n) is 11.2. The van der Waals surface area contributed by atoms with Crippen molar-refractivity contribution >= 4 is 35.6 Å². The quantitative estimate of drug-likeness (QED) is 0.286. The monoisotopic (exact) mass is 482 g/mol. The van der Waals surface area contributed by atoms with Gasteiger partial charge in [0.25, 0.3) is 0 Å². The summed E-state index contributed by atoms with van der Waals surface area (Å²) in [6.07, 6.45) is 6.74. The van der Waals surface area contributed by atoms with Crippen LogP contribution in [0.1, 0.15) is 16.7 Å². The summed E-state index contributed by atoms with van der Waals surface area (Å²) in [6.45, 7) is -1.38. The largest absolute Gasteiger partial charge is 0.393 e. The van der Waals surface area contributed by atoms with Crippen LogP contribution in [0.2, 0.25) is 0 Å². The van der Waals surface area contributed by atoms with Gasteiger partial charge >= 0.3 is 0 Å². The summed E-state index contributed by atoms with van der Waals surface area (Å²) in [5.74, 6) is -3.72. The lowest BCUT2D eigenvalue weighted by molar-refractivity contribution is -0.186. The van der Waals surface area contributed by atoms with Crippen molar-refractivity contribution in [1.29, 1.82) is 0 Å². The fraction of sp³-hybridized carbons (Fsp3) is 0.100. The molecule has 1 atom stereocenters. The third-order valence-electron chi connectivity index (χ3n) is 5.63. The molecule has 6 heteroatoms. The average molecular weight is 483 g/mol. The van der Waals surface area contributed by atoms with Gasteiger partial charge in [-0.15, -0.1) is 0 Å². The Labute approximate surface area is 209 Å². The molecule has 6 nitrogen and oxygen atoms in total. The highest BCUT2D eigenvalue weighted by Crippen LogP contribution is 2.29. The Balaban J connectivity index is 2.03. The Kier molecular flexibility index (Phi) is 8.76. The van der Waals surface area contributed by atoms with Gasteiger partial charge in [-0.05, 0) is 34.9 Å². The molecule has 36 heavy (non-hydrogen) atoms. The van der Waals surface area contributed by atoms with E-state index in [0.717, 1.165) is 18.2 Å².